The van der Waals surface area contributed by atoms with Gasteiger partial charge in [0.25, 0.3) is 0 Å². The molecule has 0 unspecified atom stereocenters. The maximum absolute atomic E-state index is 9.18. The second-order valence-corrected chi connectivity index (χ2v) is 4.58. The third kappa shape index (κ3) is 4.36. The average Bonchev–Trinajstić information content (AvgIpc) is 2.38. The van der Waals surface area contributed by atoms with Crippen molar-refractivity contribution < 1.29 is 9.84 Å². The number of ether oxygens (including phenoxy) is 1. The Morgan fingerprint density at radius 3 is 2.47 bits per heavy atom. The van der Waals surface area contributed by atoms with Crippen LogP contribution in [0.2, 0.25) is 0 Å². The highest BCUT2D eigenvalue weighted by molar-refractivity contribution is 5.25. The maximum atomic E-state index is 9.18. The van der Waals surface area contributed by atoms with E-state index in [0.29, 0.717) is 5.75 Å². The van der Waals surface area contributed by atoms with Gasteiger partial charge in [-0.25, -0.2) is 0 Å². The van der Waals surface area contributed by atoms with Gasteiger partial charge in [-0.05, 0) is 43.5 Å². The van der Waals surface area contributed by atoms with E-state index in [2.05, 4.69) is 4.90 Å². The first-order valence-corrected chi connectivity index (χ1v) is 6.42. The summed E-state index contributed by atoms with van der Waals surface area (Å²) in [6.45, 7) is 5.12. The number of hydrogen-bond acceptors (Lipinski definition) is 3. The fourth-order valence-electron chi connectivity index (χ4n) is 2.15. The Balaban J connectivity index is 1.60. The Morgan fingerprint density at radius 1 is 1.06 bits per heavy atom. The summed E-state index contributed by atoms with van der Waals surface area (Å²) in [4.78, 5) is 2.47. The fourth-order valence-corrected chi connectivity index (χ4v) is 2.15. The van der Waals surface area contributed by atoms with Crippen molar-refractivity contribution in [1.82, 2.24) is 4.90 Å². The van der Waals surface area contributed by atoms with Gasteiger partial charge in [-0.1, -0.05) is 12.1 Å². The zero-order valence-electron chi connectivity index (χ0n) is 10.3. The first kappa shape index (κ1) is 12.4. The summed E-state index contributed by atoms with van der Waals surface area (Å²) in [5.41, 5.74) is 1.31. The van der Waals surface area contributed by atoms with Gasteiger partial charge < -0.3 is 9.84 Å². The van der Waals surface area contributed by atoms with Gasteiger partial charge in [0.1, 0.15) is 5.75 Å². The lowest BCUT2D eigenvalue weighted by Gasteiger charge is -2.26. The van der Waals surface area contributed by atoms with E-state index < -0.39 is 0 Å². The molecule has 3 heteroatoms. The van der Waals surface area contributed by atoms with Crippen LogP contribution in [0, 0.1) is 0 Å². The Hall–Kier alpha value is -1.06. The number of aryl methyl sites for hydroxylation is 1. The fraction of sp³-hybridized carbons (Fsp3) is 0.571. The molecule has 94 valence electrons. The van der Waals surface area contributed by atoms with Crippen molar-refractivity contribution in [3.63, 3.8) is 0 Å². The van der Waals surface area contributed by atoms with Crippen LogP contribution in [-0.2, 0) is 11.2 Å². The number of morpholine rings is 1. The Morgan fingerprint density at radius 2 is 1.76 bits per heavy atom. The Bertz CT molecular complexity index is 317. The van der Waals surface area contributed by atoms with Gasteiger partial charge >= 0.3 is 0 Å². The van der Waals surface area contributed by atoms with Crippen molar-refractivity contribution in [2.75, 3.05) is 32.8 Å². The number of phenolic OH excluding ortho intramolecular Hbond substituents is 1. The number of rotatable bonds is 5. The van der Waals surface area contributed by atoms with Crippen LogP contribution in [0.15, 0.2) is 24.3 Å². The number of aromatic hydroxyl groups is 1. The molecule has 0 aromatic heterocycles. The summed E-state index contributed by atoms with van der Waals surface area (Å²) in [6.07, 6.45) is 3.55. The van der Waals surface area contributed by atoms with Gasteiger partial charge in [-0.15, -0.1) is 0 Å². The van der Waals surface area contributed by atoms with Crippen LogP contribution >= 0.6 is 0 Å². The Kier molecular flexibility index (Phi) is 4.83. The highest BCUT2D eigenvalue weighted by atomic mass is 16.5. The monoisotopic (exact) mass is 235 g/mol. The minimum Gasteiger partial charge on any atom is -0.508 e. The lowest BCUT2D eigenvalue weighted by Crippen LogP contribution is -2.36. The van der Waals surface area contributed by atoms with Gasteiger partial charge in [0.05, 0.1) is 13.2 Å². The zero-order chi connectivity index (χ0) is 11.9. The maximum Gasteiger partial charge on any atom is 0.115 e. The van der Waals surface area contributed by atoms with Crippen LogP contribution in [0.4, 0.5) is 0 Å². The van der Waals surface area contributed by atoms with Crippen LogP contribution in [0.25, 0.3) is 0 Å². The van der Waals surface area contributed by atoms with E-state index in [9.17, 15) is 5.11 Å². The molecule has 1 saturated heterocycles. The van der Waals surface area contributed by atoms with Crippen molar-refractivity contribution >= 4 is 0 Å². The van der Waals surface area contributed by atoms with Gasteiger partial charge in [0.2, 0.25) is 0 Å². The molecule has 1 N–H and O–H groups in total. The molecule has 1 aromatic carbocycles. The number of nitrogens with zero attached hydrogens (tertiary/aromatic N) is 1. The van der Waals surface area contributed by atoms with E-state index >= 15 is 0 Å². The molecule has 1 aromatic rings. The number of phenols is 1. The summed E-state index contributed by atoms with van der Waals surface area (Å²) in [5.74, 6) is 0.349. The summed E-state index contributed by atoms with van der Waals surface area (Å²) in [6, 6.07) is 7.53. The van der Waals surface area contributed by atoms with E-state index in [-0.39, 0.29) is 0 Å². The molecule has 0 aliphatic carbocycles. The summed E-state index contributed by atoms with van der Waals surface area (Å²) < 4.78 is 5.32. The molecule has 1 aliphatic rings. The molecule has 0 bridgehead atoms. The van der Waals surface area contributed by atoms with Crippen LogP contribution in [-0.4, -0.2) is 42.9 Å². The van der Waals surface area contributed by atoms with E-state index in [1.165, 1.54) is 24.9 Å². The average molecular weight is 235 g/mol. The topological polar surface area (TPSA) is 32.7 Å². The first-order chi connectivity index (χ1) is 8.34. The second kappa shape index (κ2) is 6.62. The van der Waals surface area contributed by atoms with Gasteiger partial charge in [0, 0.05) is 13.1 Å². The minimum absolute atomic E-state index is 0.349. The highest BCUT2D eigenvalue weighted by Crippen LogP contribution is 2.12. The largest absolute Gasteiger partial charge is 0.508 e. The molecule has 0 spiro atoms. The second-order valence-electron chi connectivity index (χ2n) is 4.58. The van der Waals surface area contributed by atoms with Gasteiger partial charge in [-0.2, -0.15) is 0 Å². The van der Waals surface area contributed by atoms with Crippen molar-refractivity contribution in [3.8, 4) is 5.75 Å². The third-order valence-electron chi connectivity index (χ3n) is 3.23. The normalized spacial score (nSPS) is 17.2. The van der Waals surface area contributed by atoms with Gasteiger partial charge in [0.15, 0.2) is 0 Å². The lowest BCUT2D eigenvalue weighted by atomic mass is 10.1. The van der Waals surface area contributed by atoms with Crippen molar-refractivity contribution in [1.29, 1.82) is 0 Å². The van der Waals surface area contributed by atoms with Crippen molar-refractivity contribution in [2.24, 2.45) is 0 Å². The predicted molar refractivity (Wildman–Crippen MR) is 68.3 cm³/mol. The quantitative estimate of drug-likeness (QED) is 0.793. The standard InChI is InChI=1S/C14H21NO2/c16-14-6-4-13(5-7-14)3-1-2-8-15-9-11-17-12-10-15/h4-7,16H,1-3,8-12H2. The molecule has 1 aliphatic heterocycles. The first-order valence-electron chi connectivity index (χ1n) is 6.42. The number of benzene rings is 1. The van der Waals surface area contributed by atoms with Crippen LogP contribution in [0.5, 0.6) is 5.75 Å². The van der Waals surface area contributed by atoms with E-state index in [1.54, 1.807) is 12.1 Å². The molecule has 1 heterocycles. The van der Waals surface area contributed by atoms with Crippen LogP contribution < -0.4 is 0 Å². The molecule has 0 amide bonds. The Labute approximate surface area is 103 Å². The zero-order valence-corrected chi connectivity index (χ0v) is 10.3. The molecule has 1 fully saturated rings. The molecule has 0 radical (unpaired) electrons. The molecule has 3 nitrogen and oxygen atoms in total. The third-order valence-corrected chi connectivity index (χ3v) is 3.23. The molecular weight excluding hydrogens is 214 g/mol. The summed E-state index contributed by atoms with van der Waals surface area (Å²) >= 11 is 0. The molecule has 2 rings (SSSR count). The molecule has 0 atom stereocenters. The number of unbranched alkanes of at least 4 members (excludes halogenated alkanes) is 1. The van der Waals surface area contributed by atoms with E-state index in [0.717, 1.165) is 32.7 Å². The van der Waals surface area contributed by atoms with Crippen LogP contribution in [0.1, 0.15) is 18.4 Å². The minimum atomic E-state index is 0.349. The van der Waals surface area contributed by atoms with E-state index in [1.807, 2.05) is 12.1 Å². The molecule has 0 saturated carbocycles. The highest BCUT2D eigenvalue weighted by Gasteiger charge is 2.08. The van der Waals surface area contributed by atoms with Gasteiger partial charge in [-0.3, -0.25) is 4.90 Å². The molecule has 17 heavy (non-hydrogen) atoms. The SMILES string of the molecule is Oc1ccc(CCCCN2CCOCC2)cc1. The summed E-state index contributed by atoms with van der Waals surface area (Å²) in [5, 5.41) is 9.18. The summed E-state index contributed by atoms with van der Waals surface area (Å²) in [7, 11) is 0. The smallest absolute Gasteiger partial charge is 0.115 e. The lowest BCUT2D eigenvalue weighted by molar-refractivity contribution is 0.0372. The molecular formula is C14H21NO2. The predicted octanol–water partition coefficient (Wildman–Crippen LogP) is 2.05. The van der Waals surface area contributed by atoms with Crippen LogP contribution in [0.3, 0.4) is 0 Å². The number of hydrogen-bond donors (Lipinski definition) is 1. The van der Waals surface area contributed by atoms with Crippen molar-refractivity contribution in [3.05, 3.63) is 29.8 Å². The van der Waals surface area contributed by atoms with E-state index in [4.69, 9.17) is 4.74 Å². The van der Waals surface area contributed by atoms with Crippen molar-refractivity contribution in [2.45, 2.75) is 19.3 Å².